The molecular formula is C10H20OS. The summed E-state index contributed by atoms with van der Waals surface area (Å²) in [6, 6.07) is 0. The Morgan fingerprint density at radius 1 is 1.50 bits per heavy atom. The van der Waals surface area contributed by atoms with Gasteiger partial charge < -0.3 is 4.74 Å². The van der Waals surface area contributed by atoms with Gasteiger partial charge in [0.1, 0.15) is 5.44 Å². The lowest BCUT2D eigenvalue weighted by Crippen LogP contribution is -2.30. The maximum absolute atomic E-state index is 5.69. The first-order chi connectivity index (χ1) is 5.49. The van der Waals surface area contributed by atoms with Crippen molar-refractivity contribution in [3.8, 4) is 0 Å². The van der Waals surface area contributed by atoms with E-state index in [2.05, 4.69) is 27.7 Å². The van der Waals surface area contributed by atoms with Crippen LogP contribution in [0.2, 0.25) is 0 Å². The number of hydrogen-bond acceptors (Lipinski definition) is 2. The number of thioether (sulfide) groups is 1. The van der Waals surface area contributed by atoms with Crippen LogP contribution >= 0.6 is 11.8 Å². The minimum absolute atomic E-state index is 0.428. The van der Waals surface area contributed by atoms with Gasteiger partial charge in [-0.25, -0.2) is 0 Å². The van der Waals surface area contributed by atoms with Crippen molar-refractivity contribution < 1.29 is 4.74 Å². The Kier molecular flexibility index (Phi) is 3.47. The molecule has 1 fully saturated rings. The Labute approximate surface area is 80.3 Å². The molecule has 0 bridgehead atoms. The molecule has 1 saturated heterocycles. The Morgan fingerprint density at radius 2 is 2.17 bits per heavy atom. The molecule has 2 heteroatoms. The molecule has 1 rings (SSSR count). The van der Waals surface area contributed by atoms with E-state index in [0.717, 1.165) is 12.5 Å². The maximum atomic E-state index is 5.69. The molecule has 1 unspecified atom stereocenters. The van der Waals surface area contributed by atoms with E-state index in [0.29, 0.717) is 10.2 Å². The van der Waals surface area contributed by atoms with E-state index in [1.807, 2.05) is 11.8 Å². The lowest BCUT2D eigenvalue weighted by atomic mass is 10.1. The van der Waals surface area contributed by atoms with Crippen molar-refractivity contribution in [1.29, 1.82) is 0 Å². The van der Waals surface area contributed by atoms with E-state index in [9.17, 15) is 0 Å². The van der Waals surface area contributed by atoms with Crippen molar-refractivity contribution in [1.82, 2.24) is 0 Å². The highest BCUT2D eigenvalue weighted by Gasteiger charge is 2.29. The minimum atomic E-state index is 0.428. The second-order valence-corrected chi connectivity index (χ2v) is 6.42. The van der Waals surface area contributed by atoms with Gasteiger partial charge in [-0.1, -0.05) is 27.7 Å². The molecule has 1 aliphatic rings. The molecule has 0 saturated carbocycles. The van der Waals surface area contributed by atoms with Gasteiger partial charge in [0, 0.05) is 11.4 Å². The third-order valence-electron chi connectivity index (χ3n) is 2.12. The summed E-state index contributed by atoms with van der Waals surface area (Å²) in [6.07, 6.45) is 2.38. The molecule has 1 aliphatic heterocycles. The van der Waals surface area contributed by atoms with Gasteiger partial charge in [0.2, 0.25) is 0 Å². The summed E-state index contributed by atoms with van der Waals surface area (Å²) in [7, 11) is 0. The Morgan fingerprint density at radius 3 is 2.67 bits per heavy atom. The fourth-order valence-electron chi connectivity index (χ4n) is 1.39. The van der Waals surface area contributed by atoms with E-state index in [4.69, 9.17) is 4.74 Å². The van der Waals surface area contributed by atoms with Gasteiger partial charge in [-0.3, -0.25) is 0 Å². The van der Waals surface area contributed by atoms with E-state index in [1.165, 1.54) is 12.8 Å². The number of hydrogen-bond donors (Lipinski definition) is 0. The molecule has 1 nitrogen and oxygen atoms in total. The van der Waals surface area contributed by atoms with Gasteiger partial charge in [0.25, 0.3) is 0 Å². The van der Waals surface area contributed by atoms with Gasteiger partial charge in [-0.15, -0.1) is 11.8 Å². The van der Waals surface area contributed by atoms with Crippen LogP contribution in [-0.2, 0) is 4.74 Å². The number of rotatable bonds is 2. The van der Waals surface area contributed by atoms with Crippen molar-refractivity contribution in [2.45, 2.75) is 50.7 Å². The first-order valence-electron chi connectivity index (χ1n) is 4.79. The zero-order valence-corrected chi connectivity index (χ0v) is 9.41. The quantitative estimate of drug-likeness (QED) is 0.657. The molecule has 72 valence electrons. The SMILES string of the molecule is CC(C)CC1OCCC(C)(C)S1. The average Bonchev–Trinajstić information content (AvgIpc) is 1.82. The molecule has 0 aromatic heterocycles. The van der Waals surface area contributed by atoms with Crippen molar-refractivity contribution in [3.05, 3.63) is 0 Å². The molecule has 0 spiro atoms. The highest BCUT2D eigenvalue weighted by Crippen LogP contribution is 2.38. The van der Waals surface area contributed by atoms with Crippen LogP contribution in [0.1, 0.15) is 40.5 Å². The van der Waals surface area contributed by atoms with Crippen LogP contribution in [0.5, 0.6) is 0 Å². The molecule has 0 aromatic carbocycles. The predicted octanol–water partition coefficient (Wildman–Crippen LogP) is 3.29. The topological polar surface area (TPSA) is 9.23 Å². The molecule has 0 N–H and O–H groups in total. The summed E-state index contributed by atoms with van der Waals surface area (Å²) >= 11 is 1.99. The molecule has 12 heavy (non-hydrogen) atoms. The maximum Gasteiger partial charge on any atom is 0.103 e. The summed E-state index contributed by atoms with van der Waals surface area (Å²) in [4.78, 5) is 0. The minimum Gasteiger partial charge on any atom is -0.368 e. The summed E-state index contributed by atoms with van der Waals surface area (Å²) in [5, 5.41) is 0. The van der Waals surface area contributed by atoms with Gasteiger partial charge in [-0.05, 0) is 18.8 Å². The summed E-state index contributed by atoms with van der Waals surface area (Å²) in [6.45, 7) is 10.1. The van der Waals surface area contributed by atoms with Gasteiger partial charge in [0.15, 0.2) is 0 Å². The molecule has 0 amide bonds. The van der Waals surface area contributed by atoms with E-state index in [1.54, 1.807) is 0 Å². The molecule has 0 aliphatic carbocycles. The third kappa shape index (κ3) is 3.36. The zero-order chi connectivity index (χ0) is 9.19. The van der Waals surface area contributed by atoms with E-state index < -0.39 is 0 Å². The summed E-state index contributed by atoms with van der Waals surface area (Å²) < 4.78 is 6.12. The van der Waals surface area contributed by atoms with Crippen LogP contribution in [0.15, 0.2) is 0 Å². The predicted molar refractivity (Wildman–Crippen MR) is 55.5 cm³/mol. The Bertz CT molecular complexity index is 143. The Hall–Kier alpha value is 0.310. The van der Waals surface area contributed by atoms with Gasteiger partial charge >= 0.3 is 0 Å². The molecule has 0 aromatic rings. The van der Waals surface area contributed by atoms with Gasteiger partial charge in [-0.2, -0.15) is 0 Å². The summed E-state index contributed by atoms with van der Waals surface area (Å²) in [5.41, 5.74) is 0.439. The third-order valence-corrected chi connectivity index (χ3v) is 3.56. The highest BCUT2D eigenvalue weighted by atomic mass is 32.2. The van der Waals surface area contributed by atoms with Gasteiger partial charge in [0.05, 0.1) is 0 Å². The van der Waals surface area contributed by atoms with Crippen LogP contribution < -0.4 is 0 Å². The smallest absolute Gasteiger partial charge is 0.103 e. The van der Waals surface area contributed by atoms with Crippen molar-refractivity contribution in [2.75, 3.05) is 6.61 Å². The molecule has 0 radical (unpaired) electrons. The van der Waals surface area contributed by atoms with Crippen molar-refractivity contribution in [2.24, 2.45) is 5.92 Å². The fraction of sp³-hybridized carbons (Fsp3) is 1.00. The van der Waals surface area contributed by atoms with E-state index >= 15 is 0 Å². The summed E-state index contributed by atoms with van der Waals surface area (Å²) in [5.74, 6) is 0.747. The zero-order valence-electron chi connectivity index (χ0n) is 8.59. The second kappa shape index (κ2) is 4.01. The monoisotopic (exact) mass is 188 g/mol. The molecule has 1 heterocycles. The van der Waals surface area contributed by atoms with Crippen LogP contribution in [0.3, 0.4) is 0 Å². The lowest BCUT2D eigenvalue weighted by Gasteiger charge is -2.35. The molecule has 1 atom stereocenters. The van der Waals surface area contributed by atoms with Crippen molar-refractivity contribution >= 4 is 11.8 Å². The first-order valence-corrected chi connectivity index (χ1v) is 5.67. The fourth-order valence-corrected chi connectivity index (χ4v) is 2.94. The Balaban J connectivity index is 2.36. The highest BCUT2D eigenvalue weighted by molar-refractivity contribution is 8.01. The lowest BCUT2D eigenvalue weighted by molar-refractivity contribution is 0.0797. The average molecular weight is 188 g/mol. The standard InChI is InChI=1S/C10H20OS/c1-8(2)7-9-11-6-5-10(3,4)12-9/h8-9H,5-7H2,1-4H3. The second-order valence-electron chi connectivity index (χ2n) is 4.56. The van der Waals surface area contributed by atoms with E-state index in [-0.39, 0.29) is 0 Å². The van der Waals surface area contributed by atoms with Crippen LogP contribution in [0, 0.1) is 5.92 Å². The normalized spacial score (nSPS) is 29.2. The number of ether oxygens (including phenoxy) is 1. The van der Waals surface area contributed by atoms with Crippen molar-refractivity contribution in [3.63, 3.8) is 0 Å². The largest absolute Gasteiger partial charge is 0.368 e. The first kappa shape index (κ1) is 10.4. The van der Waals surface area contributed by atoms with Crippen LogP contribution in [0.4, 0.5) is 0 Å². The molecular weight excluding hydrogens is 168 g/mol. The van der Waals surface area contributed by atoms with Crippen LogP contribution in [0.25, 0.3) is 0 Å². The van der Waals surface area contributed by atoms with Crippen LogP contribution in [-0.4, -0.2) is 16.8 Å².